The van der Waals surface area contributed by atoms with Crippen molar-refractivity contribution in [3.8, 4) is 5.75 Å². The van der Waals surface area contributed by atoms with Crippen molar-refractivity contribution in [3.05, 3.63) is 66.1 Å². The summed E-state index contributed by atoms with van der Waals surface area (Å²) in [5.41, 5.74) is 0.513. The number of carbonyl (C=O) groups excluding carboxylic acids is 1. The minimum absolute atomic E-state index is 0.172. The lowest BCUT2D eigenvalue weighted by Crippen LogP contribution is -2.26. The molecule has 1 amide bonds. The normalized spacial score (nSPS) is 11.2. The number of ether oxygens (including phenoxy) is 1. The molecule has 1 aromatic heterocycles. The third-order valence-corrected chi connectivity index (χ3v) is 7.13. The highest BCUT2D eigenvalue weighted by molar-refractivity contribution is 7.92. The summed E-state index contributed by atoms with van der Waals surface area (Å²) >= 11 is 1.36. The van der Waals surface area contributed by atoms with Gasteiger partial charge in [0.25, 0.3) is 15.9 Å². The number of hydrogen-bond donors (Lipinski definition) is 1. The number of fused-ring (bicyclic) bond motifs is 1. The fourth-order valence-electron chi connectivity index (χ4n) is 2.64. The maximum atomic E-state index is 12.9. The van der Waals surface area contributed by atoms with Gasteiger partial charge in [-0.25, -0.2) is 8.42 Å². The van der Waals surface area contributed by atoms with E-state index in [1.54, 1.807) is 36.4 Å². The summed E-state index contributed by atoms with van der Waals surface area (Å²) < 4.78 is 33.0. The average Bonchev–Trinajstić information content (AvgIpc) is 3.14. The molecule has 3 aromatic rings. The van der Waals surface area contributed by atoms with Crippen molar-refractivity contribution in [2.75, 3.05) is 25.0 Å². The van der Waals surface area contributed by atoms with E-state index < -0.39 is 10.0 Å². The number of nitrogens with zero attached hydrogens (tertiary/aromatic N) is 1. The van der Waals surface area contributed by atoms with E-state index in [9.17, 15) is 13.2 Å². The van der Waals surface area contributed by atoms with E-state index in [4.69, 9.17) is 4.74 Å². The predicted octanol–water partition coefficient (Wildman–Crippen LogP) is 3.65. The predicted molar refractivity (Wildman–Crippen MR) is 113 cm³/mol. The lowest BCUT2D eigenvalue weighted by Gasteiger charge is -2.19. The Balaban J connectivity index is 1.91. The molecule has 1 heterocycles. The summed E-state index contributed by atoms with van der Waals surface area (Å²) in [6.45, 7) is 3.97. The van der Waals surface area contributed by atoms with E-state index in [-0.39, 0.29) is 10.8 Å². The zero-order valence-corrected chi connectivity index (χ0v) is 17.1. The highest BCUT2D eigenvalue weighted by Gasteiger charge is 2.22. The van der Waals surface area contributed by atoms with Crippen molar-refractivity contribution in [3.63, 3.8) is 0 Å². The van der Waals surface area contributed by atoms with Crippen LogP contribution in [0.15, 0.2) is 66.1 Å². The second kappa shape index (κ2) is 8.04. The second-order valence-electron chi connectivity index (χ2n) is 5.98. The zero-order chi connectivity index (χ0) is 20.3. The molecule has 0 saturated carbocycles. The molecule has 6 nitrogen and oxygen atoms in total. The van der Waals surface area contributed by atoms with Crippen molar-refractivity contribution < 1.29 is 17.9 Å². The minimum atomic E-state index is -3.72. The van der Waals surface area contributed by atoms with Gasteiger partial charge in [0.05, 0.1) is 22.6 Å². The van der Waals surface area contributed by atoms with E-state index >= 15 is 0 Å². The number of carbonyl (C=O) groups is 1. The molecule has 28 heavy (non-hydrogen) atoms. The van der Waals surface area contributed by atoms with Gasteiger partial charge in [0.1, 0.15) is 5.75 Å². The van der Waals surface area contributed by atoms with Crippen LogP contribution in [0.3, 0.4) is 0 Å². The first kappa shape index (κ1) is 19.9. The first-order valence-corrected chi connectivity index (χ1v) is 10.7. The third-order valence-electron chi connectivity index (χ3n) is 4.21. The summed E-state index contributed by atoms with van der Waals surface area (Å²) in [7, 11) is -0.686. The van der Waals surface area contributed by atoms with Gasteiger partial charge in [-0.3, -0.25) is 9.10 Å². The highest BCUT2D eigenvalue weighted by Crippen LogP contribution is 2.31. The molecule has 0 radical (unpaired) electrons. The molecule has 0 aliphatic carbocycles. The van der Waals surface area contributed by atoms with Crippen LogP contribution in [0.4, 0.5) is 5.69 Å². The number of benzene rings is 2. The quantitative estimate of drug-likeness (QED) is 0.597. The molecule has 0 fully saturated rings. The van der Waals surface area contributed by atoms with Gasteiger partial charge in [-0.15, -0.1) is 17.9 Å². The van der Waals surface area contributed by atoms with E-state index in [2.05, 4.69) is 11.9 Å². The Hall–Kier alpha value is -2.84. The van der Waals surface area contributed by atoms with E-state index in [1.807, 2.05) is 6.07 Å². The van der Waals surface area contributed by atoms with Gasteiger partial charge in [-0.2, -0.15) is 0 Å². The van der Waals surface area contributed by atoms with Crippen LogP contribution >= 0.6 is 11.3 Å². The summed E-state index contributed by atoms with van der Waals surface area (Å²) in [4.78, 5) is 12.9. The number of rotatable bonds is 7. The number of sulfonamides is 1. The Morgan fingerprint density at radius 3 is 2.57 bits per heavy atom. The molecule has 2 aromatic carbocycles. The van der Waals surface area contributed by atoms with E-state index in [0.29, 0.717) is 22.9 Å². The topological polar surface area (TPSA) is 75.7 Å². The maximum absolute atomic E-state index is 12.9. The van der Waals surface area contributed by atoms with Crippen LogP contribution in [0.5, 0.6) is 5.75 Å². The SMILES string of the molecule is C=CCNC(=O)c1cc2cc(N(C)S(=O)(=O)c3ccc(OC)cc3)ccc2s1. The standard InChI is InChI=1S/C20H20N2O4S2/c1-4-11-21-20(23)19-13-14-12-15(5-10-18(14)27-19)22(2)28(24,25)17-8-6-16(26-3)7-9-17/h4-10,12-13H,1,11H2,2-3H3,(H,21,23). The van der Waals surface area contributed by atoms with Gasteiger partial charge in [-0.1, -0.05) is 6.08 Å². The molecule has 0 atom stereocenters. The molecule has 0 spiro atoms. The molecule has 0 aliphatic heterocycles. The van der Waals surface area contributed by atoms with Crippen molar-refractivity contribution >= 4 is 43.0 Å². The summed E-state index contributed by atoms with van der Waals surface area (Å²) in [5.74, 6) is 0.408. The Morgan fingerprint density at radius 2 is 1.93 bits per heavy atom. The first-order valence-electron chi connectivity index (χ1n) is 8.42. The molecule has 3 rings (SSSR count). The smallest absolute Gasteiger partial charge is 0.264 e. The van der Waals surface area contributed by atoms with Crippen molar-refractivity contribution in [2.24, 2.45) is 0 Å². The average molecular weight is 417 g/mol. The molecule has 1 N–H and O–H groups in total. The van der Waals surface area contributed by atoms with Gasteiger partial charge >= 0.3 is 0 Å². The van der Waals surface area contributed by atoms with Gasteiger partial charge in [-0.05, 0) is 53.9 Å². The summed E-state index contributed by atoms with van der Waals surface area (Å²) in [6, 6.07) is 13.3. The van der Waals surface area contributed by atoms with Crippen molar-refractivity contribution in [2.45, 2.75) is 4.90 Å². The Morgan fingerprint density at radius 1 is 1.21 bits per heavy atom. The van der Waals surface area contributed by atoms with Crippen LogP contribution in [0, 0.1) is 0 Å². The number of thiophene rings is 1. The molecule has 146 valence electrons. The van der Waals surface area contributed by atoms with E-state index in [0.717, 1.165) is 10.1 Å². The van der Waals surface area contributed by atoms with Crippen LogP contribution in [-0.2, 0) is 10.0 Å². The fourth-order valence-corrected chi connectivity index (χ4v) is 4.78. The molecular weight excluding hydrogens is 396 g/mol. The van der Waals surface area contributed by atoms with Crippen LogP contribution in [0.1, 0.15) is 9.67 Å². The minimum Gasteiger partial charge on any atom is -0.497 e. The number of amides is 1. The molecule has 0 unspecified atom stereocenters. The van der Waals surface area contributed by atoms with Crippen molar-refractivity contribution in [1.82, 2.24) is 5.32 Å². The van der Waals surface area contributed by atoms with E-state index in [1.165, 1.54) is 41.9 Å². The number of anilines is 1. The largest absolute Gasteiger partial charge is 0.497 e. The van der Waals surface area contributed by atoms with Crippen molar-refractivity contribution in [1.29, 1.82) is 0 Å². The van der Waals surface area contributed by atoms with Crippen LogP contribution in [0.25, 0.3) is 10.1 Å². The number of methoxy groups -OCH3 is 1. The van der Waals surface area contributed by atoms with Gasteiger partial charge < -0.3 is 10.1 Å². The van der Waals surface area contributed by atoms with Crippen LogP contribution < -0.4 is 14.4 Å². The Bertz CT molecular complexity index is 1120. The lowest BCUT2D eigenvalue weighted by atomic mass is 10.2. The van der Waals surface area contributed by atoms with Gasteiger partial charge in [0, 0.05) is 18.3 Å². The molecular formula is C20H20N2O4S2. The van der Waals surface area contributed by atoms with Gasteiger partial charge in [0.15, 0.2) is 0 Å². The van der Waals surface area contributed by atoms with Crippen LogP contribution in [0.2, 0.25) is 0 Å². The van der Waals surface area contributed by atoms with Crippen LogP contribution in [-0.4, -0.2) is 35.0 Å². The second-order valence-corrected chi connectivity index (χ2v) is 9.03. The third kappa shape index (κ3) is 3.88. The summed E-state index contributed by atoms with van der Waals surface area (Å²) in [5, 5.41) is 3.55. The summed E-state index contributed by atoms with van der Waals surface area (Å²) in [6.07, 6.45) is 1.61. The lowest BCUT2D eigenvalue weighted by molar-refractivity contribution is 0.0962. The monoisotopic (exact) mass is 416 g/mol. The molecule has 0 aliphatic rings. The number of nitrogens with one attached hydrogen (secondary N) is 1. The first-order chi connectivity index (χ1) is 13.4. The molecule has 8 heteroatoms. The molecule has 0 bridgehead atoms. The maximum Gasteiger partial charge on any atom is 0.264 e. The Labute approximate surface area is 168 Å². The highest BCUT2D eigenvalue weighted by atomic mass is 32.2. The Kier molecular flexibility index (Phi) is 5.71. The number of hydrogen-bond acceptors (Lipinski definition) is 5. The zero-order valence-electron chi connectivity index (χ0n) is 15.5. The fraction of sp³-hybridized carbons (Fsp3) is 0.150. The molecule has 0 saturated heterocycles. The van der Waals surface area contributed by atoms with Gasteiger partial charge in [0.2, 0.25) is 0 Å².